The summed E-state index contributed by atoms with van der Waals surface area (Å²) in [4.78, 5) is 30.3. The Morgan fingerprint density at radius 3 is 3.00 bits per heavy atom. The van der Waals surface area contributed by atoms with Crippen LogP contribution < -0.4 is 4.74 Å². The molecular weight excluding hydrogens is 376 g/mol. The van der Waals surface area contributed by atoms with E-state index in [-0.39, 0.29) is 48.6 Å². The zero-order valence-electron chi connectivity index (χ0n) is 16.2. The third-order valence-electron chi connectivity index (χ3n) is 4.69. The molecule has 0 saturated carbocycles. The third kappa shape index (κ3) is 4.90. The highest BCUT2D eigenvalue weighted by molar-refractivity contribution is 5.95. The number of pyridine rings is 1. The lowest BCUT2D eigenvalue weighted by atomic mass is 10.1. The largest absolute Gasteiger partial charge is 0.507 e. The molecule has 29 heavy (non-hydrogen) atoms. The lowest BCUT2D eigenvalue weighted by molar-refractivity contribution is -0.0152. The molecule has 2 atom stereocenters. The molecule has 0 radical (unpaired) electrons. The maximum absolute atomic E-state index is 13.2. The number of ether oxygens (including phenoxy) is 2. The van der Waals surface area contributed by atoms with Gasteiger partial charge in [-0.3, -0.25) is 14.6 Å². The Kier molecular flexibility index (Phi) is 6.79. The van der Waals surface area contributed by atoms with Crippen molar-refractivity contribution in [1.29, 1.82) is 0 Å². The number of nitrogens with zero attached hydrogens (tertiary/aromatic N) is 2. The van der Waals surface area contributed by atoms with Crippen LogP contribution in [-0.2, 0) is 11.2 Å². The minimum Gasteiger partial charge on any atom is -0.507 e. The molecule has 1 aromatic carbocycles. The number of aliphatic hydroxyl groups is 1. The average molecular weight is 400 g/mol. The number of aromatic hydroxyl groups is 1. The number of carbonyl (C=O) groups excluding carboxylic acids is 2. The van der Waals surface area contributed by atoms with Gasteiger partial charge in [0.15, 0.2) is 6.29 Å². The number of morpholine rings is 1. The van der Waals surface area contributed by atoms with Crippen LogP contribution in [0.3, 0.4) is 0 Å². The van der Waals surface area contributed by atoms with Crippen molar-refractivity contribution in [1.82, 2.24) is 9.88 Å². The van der Waals surface area contributed by atoms with E-state index >= 15 is 0 Å². The Balaban J connectivity index is 1.78. The van der Waals surface area contributed by atoms with E-state index in [1.807, 2.05) is 0 Å². The third-order valence-corrected chi connectivity index (χ3v) is 4.69. The minimum absolute atomic E-state index is 0.0635. The topological polar surface area (TPSA) is 109 Å². The number of aldehydes is 1. The summed E-state index contributed by atoms with van der Waals surface area (Å²) in [5.41, 5.74) is 1.04. The SMILES string of the molecule is C[C@H](O)Cc1ncccc1C(=O)N1CCOC[C@@H]1COc1cccc(O)c1C=O. The zero-order chi connectivity index (χ0) is 20.8. The fourth-order valence-electron chi connectivity index (χ4n) is 3.25. The number of aromatic nitrogens is 1. The van der Waals surface area contributed by atoms with Crippen LogP contribution in [-0.4, -0.2) is 70.8 Å². The molecule has 0 unspecified atom stereocenters. The first kappa shape index (κ1) is 20.8. The monoisotopic (exact) mass is 400 g/mol. The van der Waals surface area contributed by atoms with Crippen LogP contribution in [0.25, 0.3) is 0 Å². The van der Waals surface area contributed by atoms with E-state index in [4.69, 9.17) is 9.47 Å². The first-order valence-electron chi connectivity index (χ1n) is 9.42. The summed E-state index contributed by atoms with van der Waals surface area (Å²) in [5.74, 6) is -0.130. The second-order valence-electron chi connectivity index (χ2n) is 6.90. The van der Waals surface area contributed by atoms with E-state index in [0.29, 0.717) is 30.7 Å². The van der Waals surface area contributed by atoms with Crippen molar-refractivity contribution < 1.29 is 29.3 Å². The van der Waals surface area contributed by atoms with Gasteiger partial charge >= 0.3 is 0 Å². The number of amides is 1. The summed E-state index contributed by atoms with van der Waals surface area (Å²) < 4.78 is 11.3. The Morgan fingerprint density at radius 1 is 1.41 bits per heavy atom. The van der Waals surface area contributed by atoms with E-state index in [9.17, 15) is 19.8 Å². The zero-order valence-corrected chi connectivity index (χ0v) is 16.2. The Bertz CT molecular complexity index is 870. The molecule has 1 aliphatic rings. The van der Waals surface area contributed by atoms with Crippen LogP contribution in [0.4, 0.5) is 0 Å². The highest BCUT2D eigenvalue weighted by Crippen LogP contribution is 2.26. The van der Waals surface area contributed by atoms with Crippen molar-refractivity contribution in [2.24, 2.45) is 0 Å². The minimum atomic E-state index is -0.618. The van der Waals surface area contributed by atoms with Gasteiger partial charge in [0.25, 0.3) is 5.91 Å². The number of benzene rings is 1. The van der Waals surface area contributed by atoms with Crippen molar-refractivity contribution in [3.8, 4) is 11.5 Å². The molecule has 1 amide bonds. The number of hydrogen-bond donors (Lipinski definition) is 2. The van der Waals surface area contributed by atoms with Gasteiger partial charge in [-0.1, -0.05) is 6.07 Å². The van der Waals surface area contributed by atoms with Gasteiger partial charge in [-0.15, -0.1) is 0 Å². The first-order chi connectivity index (χ1) is 14.0. The molecular formula is C21H24N2O6. The smallest absolute Gasteiger partial charge is 0.256 e. The summed E-state index contributed by atoms with van der Waals surface area (Å²) in [5, 5.41) is 19.5. The highest BCUT2D eigenvalue weighted by atomic mass is 16.5. The molecule has 3 rings (SSSR count). The number of phenols is 1. The van der Waals surface area contributed by atoms with Crippen molar-refractivity contribution in [3.63, 3.8) is 0 Å². The summed E-state index contributed by atoms with van der Waals surface area (Å²) >= 11 is 0. The van der Waals surface area contributed by atoms with Gasteiger partial charge in [0, 0.05) is 19.2 Å². The van der Waals surface area contributed by atoms with E-state index in [2.05, 4.69) is 4.98 Å². The van der Waals surface area contributed by atoms with Crippen molar-refractivity contribution in [3.05, 3.63) is 53.3 Å². The fraction of sp³-hybridized carbons (Fsp3) is 0.381. The van der Waals surface area contributed by atoms with Crippen LogP contribution in [0.5, 0.6) is 11.5 Å². The normalized spacial score (nSPS) is 17.6. The van der Waals surface area contributed by atoms with E-state index in [0.717, 1.165) is 0 Å². The second kappa shape index (κ2) is 9.49. The molecule has 0 spiro atoms. The van der Waals surface area contributed by atoms with Crippen LogP contribution in [0.2, 0.25) is 0 Å². The summed E-state index contributed by atoms with van der Waals surface area (Å²) in [7, 11) is 0. The summed E-state index contributed by atoms with van der Waals surface area (Å²) in [6, 6.07) is 7.57. The predicted molar refractivity (Wildman–Crippen MR) is 104 cm³/mol. The first-order valence-corrected chi connectivity index (χ1v) is 9.42. The predicted octanol–water partition coefficient (Wildman–Crippen LogP) is 1.44. The summed E-state index contributed by atoms with van der Waals surface area (Å²) in [6.07, 6.45) is 1.78. The van der Waals surface area contributed by atoms with Crippen LogP contribution >= 0.6 is 0 Å². The maximum Gasteiger partial charge on any atom is 0.256 e. The Hall–Kier alpha value is -2.97. The van der Waals surface area contributed by atoms with Gasteiger partial charge in [0.1, 0.15) is 18.1 Å². The van der Waals surface area contributed by atoms with Gasteiger partial charge in [-0.2, -0.15) is 0 Å². The maximum atomic E-state index is 13.2. The number of carbonyl (C=O) groups is 2. The number of rotatable bonds is 7. The highest BCUT2D eigenvalue weighted by Gasteiger charge is 2.30. The van der Waals surface area contributed by atoms with Gasteiger partial charge in [-0.25, -0.2) is 0 Å². The molecule has 1 aromatic heterocycles. The molecule has 0 aliphatic carbocycles. The van der Waals surface area contributed by atoms with Crippen LogP contribution in [0.1, 0.15) is 33.3 Å². The van der Waals surface area contributed by atoms with Crippen LogP contribution in [0, 0.1) is 0 Å². The van der Waals surface area contributed by atoms with Gasteiger partial charge in [0.2, 0.25) is 0 Å². The lowest BCUT2D eigenvalue weighted by Crippen LogP contribution is -2.51. The molecule has 1 aliphatic heterocycles. The van der Waals surface area contributed by atoms with Gasteiger partial charge < -0.3 is 24.6 Å². The lowest BCUT2D eigenvalue weighted by Gasteiger charge is -2.35. The number of hydrogen-bond acceptors (Lipinski definition) is 7. The van der Waals surface area contributed by atoms with Gasteiger partial charge in [-0.05, 0) is 31.2 Å². The van der Waals surface area contributed by atoms with E-state index in [1.165, 1.54) is 6.07 Å². The molecule has 154 valence electrons. The number of aliphatic hydroxyl groups excluding tert-OH is 1. The van der Waals surface area contributed by atoms with Gasteiger partial charge in [0.05, 0.1) is 42.2 Å². The quantitative estimate of drug-likeness (QED) is 0.677. The van der Waals surface area contributed by atoms with Crippen molar-refractivity contribution >= 4 is 12.2 Å². The fourth-order valence-corrected chi connectivity index (χ4v) is 3.25. The molecule has 1 fully saturated rings. The molecule has 8 heteroatoms. The van der Waals surface area contributed by atoms with E-state index < -0.39 is 6.10 Å². The molecule has 8 nitrogen and oxygen atoms in total. The standard InChI is InChI=1S/C21H24N2O6/c1-14(25)10-18-16(4-3-7-22-18)21(27)23-8-9-28-12-15(23)13-29-20-6-2-5-19(26)17(20)11-24/h2-7,11,14-15,25-26H,8-10,12-13H2,1H3/t14-,15+/m0/s1. The Morgan fingerprint density at radius 2 is 2.24 bits per heavy atom. The van der Waals surface area contributed by atoms with Crippen molar-refractivity contribution in [2.45, 2.75) is 25.5 Å². The molecule has 0 bridgehead atoms. The van der Waals surface area contributed by atoms with Crippen LogP contribution in [0.15, 0.2) is 36.5 Å². The average Bonchev–Trinajstić information content (AvgIpc) is 2.72. The van der Waals surface area contributed by atoms with E-state index in [1.54, 1.807) is 42.3 Å². The second-order valence-corrected chi connectivity index (χ2v) is 6.90. The summed E-state index contributed by atoms with van der Waals surface area (Å²) in [6.45, 7) is 2.82. The Labute approximate surface area is 168 Å². The number of phenolic OH excluding ortho intramolecular Hbond substituents is 1. The molecule has 2 heterocycles. The molecule has 2 aromatic rings. The van der Waals surface area contributed by atoms with Crippen molar-refractivity contribution in [2.75, 3.05) is 26.4 Å². The molecule has 1 saturated heterocycles. The molecule has 2 N–H and O–H groups in total.